The van der Waals surface area contributed by atoms with E-state index in [0.29, 0.717) is 30.6 Å². The number of benzene rings is 1. The fourth-order valence-corrected chi connectivity index (χ4v) is 3.70. The van der Waals surface area contributed by atoms with Crippen molar-refractivity contribution in [3.8, 4) is 0 Å². The Kier molecular flexibility index (Phi) is 5.04. The predicted octanol–water partition coefficient (Wildman–Crippen LogP) is 4.49. The van der Waals surface area contributed by atoms with Gasteiger partial charge in [-0.15, -0.1) is 0 Å². The summed E-state index contributed by atoms with van der Waals surface area (Å²) in [4.78, 5) is 21.2. The fourth-order valence-electron chi connectivity index (χ4n) is 3.57. The van der Waals surface area contributed by atoms with E-state index in [4.69, 9.17) is 11.6 Å². The van der Waals surface area contributed by atoms with Gasteiger partial charge in [-0.25, -0.2) is 9.37 Å². The molecule has 4 rings (SSSR count). The highest BCUT2D eigenvalue weighted by molar-refractivity contribution is 6.30. The van der Waals surface area contributed by atoms with Gasteiger partial charge in [0.1, 0.15) is 5.82 Å². The first kappa shape index (κ1) is 18.2. The molecule has 0 atom stereocenters. The van der Waals surface area contributed by atoms with Crippen LogP contribution in [0.15, 0.2) is 48.7 Å². The molecular formula is C21H23ClFN3O. The van der Waals surface area contributed by atoms with E-state index in [2.05, 4.69) is 4.98 Å². The lowest BCUT2D eigenvalue weighted by atomic mass is 9.91. The van der Waals surface area contributed by atoms with Crippen LogP contribution in [0.2, 0.25) is 5.02 Å². The maximum Gasteiger partial charge on any atom is 0.264 e. The highest BCUT2D eigenvalue weighted by Gasteiger charge is 2.45. The lowest BCUT2D eigenvalue weighted by Gasteiger charge is -2.38. The van der Waals surface area contributed by atoms with Crippen molar-refractivity contribution < 1.29 is 9.18 Å². The summed E-state index contributed by atoms with van der Waals surface area (Å²) in [5.41, 5.74) is -1.11. The first-order valence-corrected chi connectivity index (χ1v) is 9.85. The summed E-state index contributed by atoms with van der Waals surface area (Å²) < 4.78 is 15.7. The SMILES string of the molecule is O=C(N(CC1CC1)c1ccc(Cl)cc1)C1(F)CCN(c2ccccn2)CC1. The summed E-state index contributed by atoms with van der Waals surface area (Å²) in [5.74, 6) is 0.888. The molecule has 1 aromatic heterocycles. The second kappa shape index (κ2) is 7.47. The molecular weight excluding hydrogens is 365 g/mol. The number of amides is 1. The minimum absolute atomic E-state index is 0.178. The second-order valence-electron chi connectivity index (χ2n) is 7.48. The van der Waals surface area contributed by atoms with Crippen LogP contribution < -0.4 is 9.80 Å². The number of halogens is 2. The third-order valence-corrected chi connectivity index (χ3v) is 5.69. The number of anilines is 2. The third-order valence-electron chi connectivity index (χ3n) is 5.43. The van der Waals surface area contributed by atoms with E-state index in [-0.39, 0.29) is 12.8 Å². The van der Waals surface area contributed by atoms with E-state index in [1.807, 2.05) is 23.1 Å². The van der Waals surface area contributed by atoms with Crippen LogP contribution in [0.4, 0.5) is 15.9 Å². The summed E-state index contributed by atoms with van der Waals surface area (Å²) in [7, 11) is 0. The second-order valence-corrected chi connectivity index (χ2v) is 7.91. The molecule has 4 nitrogen and oxygen atoms in total. The number of aromatic nitrogens is 1. The number of carbonyl (C=O) groups is 1. The Balaban J connectivity index is 1.49. The van der Waals surface area contributed by atoms with Crippen molar-refractivity contribution >= 4 is 29.0 Å². The van der Waals surface area contributed by atoms with E-state index in [1.165, 1.54) is 0 Å². The highest BCUT2D eigenvalue weighted by Crippen LogP contribution is 2.36. The van der Waals surface area contributed by atoms with Crippen molar-refractivity contribution in [1.82, 2.24) is 4.98 Å². The highest BCUT2D eigenvalue weighted by atomic mass is 35.5. The topological polar surface area (TPSA) is 36.4 Å². The predicted molar refractivity (Wildman–Crippen MR) is 106 cm³/mol. The molecule has 2 fully saturated rings. The van der Waals surface area contributed by atoms with Crippen LogP contribution in [-0.2, 0) is 4.79 Å². The average Bonchev–Trinajstić information content (AvgIpc) is 3.52. The van der Waals surface area contributed by atoms with Crippen LogP contribution in [0.3, 0.4) is 0 Å². The third kappa shape index (κ3) is 4.08. The van der Waals surface area contributed by atoms with Crippen LogP contribution in [0, 0.1) is 5.92 Å². The van der Waals surface area contributed by atoms with E-state index in [9.17, 15) is 4.79 Å². The summed E-state index contributed by atoms with van der Waals surface area (Å²) in [6, 6.07) is 12.8. The van der Waals surface area contributed by atoms with Crippen LogP contribution >= 0.6 is 11.6 Å². The van der Waals surface area contributed by atoms with Gasteiger partial charge in [-0.1, -0.05) is 17.7 Å². The Morgan fingerprint density at radius 3 is 2.48 bits per heavy atom. The quantitative estimate of drug-likeness (QED) is 0.758. The average molecular weight is 388 g/mol. The smallest absolute Gasteiger partial charge is 0.264 e. The van der Waals surface area contributed by atoms with Gasteiger partial charge in [-0.3, -0.25) is 4.79 Å². The molecule has 1 saturated carbocycles. The number of pyridine rings is 1. The lowest BCUT2D eigenvalue weighted by Crippen LogP contribution is -2.53. The number of rotatable bonds is 5. The number of alkyl halides is 1. The number of nitrogens with zero attached hydrogens (tertiary/aromatic N) is 3. The van der Waals surface area contributed by atoms with Crippen molar-refractivity contribution in [2.45, 2.75) is 31.4 Å². The molecule has 2 heterocycles. The van der Waals surface area contributed by atoms with E-state index in [1.54, 1.807) is 35.4 Å². The van der Waals surface area contributed by atoms with Crippen molar-refractivity contribution in [2.24, 2.45) is 5.92 Å². The Bertz CT molecular complexity index is 787. The molecule has 0 N–H and O–H groups in total. The molecule has 27 heavy (non-hydrogen) atoms. The number of hydrogen-bond acceptors (Lipinski definition) is 3. The molecule has 0 bridgehead atoms. The summed E-state index contributed by atoms with van der Waals surface area (Å²) in [5, 5.41) is 0.608. The Labute approximate surface area is 163 Å². The Hall–Kier alpha value is -2.14. The molecule has 2 aliphatic rings. The zero-order chi connectivity index (χ0) is 18.9. The van der Waals surface area contributed by atoms with Gasteiger partial charge in [0, 0.05) is 49.4 Å². The molecule has 1 aliphatic carbocycles. The Morgan fingerprint density at radius 2 is 1.89 bits per heavy atom. The van der Waals surface area contributed by atoms with Gasteiger partial charge in [-0.05, 0) is 55.2 Å². The van der Waals surface area contributed by atoms with Gasteiger partial charge in [0.25, 0.3) is 5.91 Å². The first-order valence-electron chi connectivity index (χ1n) is 9.48. The molecule has 142 valence electrons. The zero-order valence-corrected chi connectivity index (χ0v) is 15.9. The molecule has 1 aromatic carbocycles. The van der Waals surface area contributed by atoms with Crippen molar-refractivity contribution in [1.29, 1.82) is 0 Å². The van der Waals surface area contributed by atoms with Gasteiger partial charge in [0.15, 0.2) is 5.67 Å². The van der Waals surface area contributed by atoms with Crippen LogP contribution in [0.25, 0.3) is 0 Å². The van der Waals surface area contributed by atoms with Crippen molar-refractivity contribution in [2.75, 3.05) is 29.4 Å². The van der Waals surface area contributed by atoms with Gasteiger partial charge >= 0.3 is 0 Å². The molecule has 0 radical (unpaired) electrons. The molecule has 6 heteroatoms. The Morgan fingerprint density at radius 1 is 1.19 bits per heavy atom. The lowest BCUT2D eigenvalue weighted by molar-refractivity contribution is -0.131. The van der Waals surface area contributed by atoms with Crippen LogP contribution in [0.5, 0.6) is 0 Å². The maximum absolute atomic E-state index is 15.7. The first-order chi connectivity index (χ1) is 13.0. The number of hydrogen-bond donors (Lipinski definition) is 0. The normalized spacial score (nSPS) is 19.0. The van der Waals surface area contributed by atoms with E-state index in [0.717, 1.165) is 24.3 Å². The van der Waals surface area contributed by atoms with E-state index < -0.39 is 11.6 Å². The molecule has 1 saturated heterocycles. The maximum atomic E-state index is 15.7. The number of piperidine rings is 1. The minimum Gasteiger partial charge on any atom is -0.356 e. The van der Waals surface area contributed by atoms with E-state index >= 15 is 4.39 Å². The summed E-state index contributed by atoms with van der Waals surface area (Å²) >= 11 is 5.98. The summed E-state index contributed by atoms with van der Waals surface area (Å²) in [6.45, 7) is 1.55. The van der Waals surface area contributed by atoms with Gasteiger partial charge in [0.05, 0.1) is 0 Å². The fraction of sp³-hybridized carbons (Fsp3) is 0.429. The molecule has 0 unspecified atom stereocenters. The zero-order valence-electron chi connectivity index (χ0n) is 15.2. The molecule has 0 spiro atoms. The van der Waals surface area contributed by atoms with Crippen LogP contribution in [0.1, 0.15) is 25.7 Å². The molecule has 2 aromatic rings. The minimum atomic E-state index is -1.83. The van der Waals surface area contributed by atoms with Crippen LogP contribution in [-0.4, -0.2) is 36.2 Å². The van der Waals surface area contributed by atoms with Gasteiger partial charge in [0.2, 0.25) is 0 Å². The van der Waals surface area contributed by atoms with Crippen molar-refractivity contribution in [3.05, 3.63) is 53.7 Å². The largest absolute Gasteiger partial charge is 0.356 e. The van der Waals surface area contributed by atoms with Gasteiger partial charge < -0.3 is 9.80 Å². The van der Waals surface area contributed by atoms with Gasteiger partial charge in [-0.2, -0.15) is 0 Å². The molecule has 1 amide bonds. The summed E-state index contributed by atoms with van der Waals surface area (Å²) in [6.07, 6.45) is 4.29. The molecule has 1 aliphatic heterocycles. The standard InChI is InChI=1S/C21H23ClFN3O/c22-17-6-8-18(9-7-17)26(15-16-4-5-16)20(27)21(23)10-13-25(14-11-21)19-3-1-2-12-24-19/h1-3,6-9,12,16H,4-5,10-11,13-15H2. The monoisotopic (exact) mass is 387 g/mol. The van der Waals surface area contributed by atoms with Crippen molar-refractivity contribution in [3.63, 3.8) is 0 Å². The number of carbonyl (C=O) groups excluding carboxylic acids is 1.